The summed E-state index contributed by atoms with van der Waals surface area (Å²) in [6, 6.07) is 9.40. The van der Waals surface area contributed by atoms with E-state index in [-0.39, 0.29) is 11.6 Å². The van der Waals surface area contributed by atoms with Crippen LogP contribution in [0.2, 0.25) is 0 Å². The Bertz CT molecular complexity index is 652. The van der Waals surface area contributed by atoms with Crippen molar-refractivity contribution in [2.24, 2.45) is 0 Å². The van der Waals surface area contributed by atoms with Gasteiger partial charge in [-0.15, -0.1) is 0 Å². The zero-order valence-corrected chi connectivity index (χ0v) is 12.7. The second kappa shape index (κ2) is 7.04. The number of benzene rings is 1. The summed E-state index contributed by atoms with van der Waals surface area (Å²) in [7, 11) is 1.87. The van der Waals surface area contributed by atoms with Crippen LogP contribution in [0, 0.1) is 6.92 Å². The number of aryl methyl sites for hydroxylation is 1. The molecule has 0 saturated carbocycles. The van der Waals surface area contributed by atoms with Crippen molar-refractivity contribution in [2.75, 3.05) is 13.7 Å². The smallest absolute Gasteiger partial charge is 0.267 e. The number of aromatic nitrogens is 2. The van der Waals surface area contributed by atoms with Gasteiger partial charge in [-0.05, 0) is 32.5 Å². The van der Waals surface area contributed by atoms with Crippen LogP contribution in [-0.4, -0.2) is 23.4 Å². The summed E-state index contributed by atoms with van der Waals surface area (Å²) < 4.78 is 7.13. The number of hydrogen-bond acceptors (Lipinski definition) is 4. The first-order chi connectivity index (χ1) is 10.2. The lowest BCUT2D eigenvalue weighted by molar-refractivity contribution is 0.328. The SMILES string of the molecule is CCOc1ccccc1C(Cn1ncc(C)cc1=O)NC. The first-order valence-electron chi connectivity index (χ1n) is 7.08. The van der Waals surface area contributed by atoms with Gasteiger partial charge in [-0.25, -0.2) is 4.68 Å². The van der Waals surface area contributed by atoms with Gasteiger partial charge in [-0.3, -0.25) is 4.79 Å². The van der Waals surface area contributed by atoms with E-state index in [1.807, 2.05) is 45.2 Å². The van der Waals surface area contributed by atoms with Crippen molar-refractivity contribution >= 4 is 0 Å². The summed E-state index contributed by atoms with van der Waals surface area (Å²) in [6.07, 6.45) is 1.70. The minimum absolute atomic E-state index is 0.0411. The first kappa shape index (κ1) is 15.3. The number of para-hydroxylation sites is 1. The molecule has 1 aromatic heterocycles. The summed E-state index contributed by atoms with van der Waals surface area (Å²) in [4.78, 5) is 12.0. The van der Waals surface area contributed by atoms with Gasteiger partial charge in [-0.1, -0.05) is 18.2 Å². The Morgan fingerprint density at radius 3 is 2.81 bits per heavy atom. The number of nitrogens with zero attached hydrogens (tertiary/aromatic N) is 2. The fraction of sp³-hybridized carbons (Fsp3) is 0.375. The molecule has 5 heteroatoms. The van der Waals surface area contributed by atoms with Crippen molar-refractivity contribution in [1.82, 2.24) is 15.1 Å². The zero-order chi connectivity index (χ0) is 15.2. The van der Waals surface area contributed by atoms with E-state index in [1.165, 1.54) is 4.68 Å². The number of rotatable bonds is 6. The van der Waals surface area contributed by atoms with E-state index in [0.29, 0.717) is 13.2 Å². The fourth-order valence-electron chi connectivity index (χ4n) is 2.23. The first-order valence-corrected chi connectivity index (χ1v) is 7.08. The van der Waals surface area contributed by atoms with E-state index in [1.54, 1.807) is 12.3 Å². The molecule has 1 unspecified atom stereocenters. The molecule has 1 N–H and O–H groups in total. The predicted octanol–water partition coefficient (Wildman–Crippen LogP) is 1.91. The molecule has 0 saturated heterocycles. The molecule has 0 amide bonds. The van der Waals surface area contributed by atoms with E-state index in [0.717, 1.165) is 16.9 Å². The van der Waals surface area contributed by atoms with Crippen molar-refractivity contribution in [3.8, 4) is 5.75 Å². The van der Waals surface area contributed by atoms with Gasteiger partial charge in [0.1, 0.15) is 5.75 Å². The van der Waals surface area contributed by atoms with Crippen molar-refractivity contribution in [3.63, 3.8) is 0 Å². The second-order valence-corrected chi connectivity index (χ2v) is 4.87. The topological polar surface area (TPSA) is 56.2 Å². The highest BCUT2D eigenvalue weighted by molar-refractivity contribution is 5.35. The molecule has 112 valence electrons. The van der Waals surface area contributed by atoms with Crippen LogP contribution in [-0.2, 0) is 6.54 Å². The van der Waals surface area contributed by atoms with Crippen molar-refractivity contribution in [3.05, 3.63) is 58.0 Å². The molecule has 21 heavy (non-hydrogen) atoms. The molecule has 0 aliphatic heterocycles. The maximum Gasteiger partial charge on any atom is 0.267 e. The lowest BCUT2D eigenvalue weighted by Crippen LogP contribution is -2.30. The Labute approximate surface area is 124 Å². The Morgan fingerprint density at radius 2 is 2.14 bits per heavy atom. The third kappa shape index (κ3) is 3.70. The predicted molar refractivity (Wildman–Crippen MR) is 82.6 cm³/mol. The van der Waals surface area contributed by atoms with Crippen LogP contribution in [0.1, 0.15) is 24.1 Å². The molecule has 0 aliphatic carbocycles. The Balaban J connectivity index is 2.30. The zero-order valence-electron chi connectivity index (χ0n) is 12.7. The fourth-order valence-corrected chi connectivity index (χ4v) is 2.23. The minimum atomic E-state index is -0.0934. The van der Waals surface area contributed by atoms with Gasteiger partial charge in [-0.2, -0.15) is 5.10 Å². The Kier molecular flexibility index (Phi) is 5.11. The molecule has 1 atom stereocenters. The van der Waals surface area contributed by atoms with Gasteiger partial charge in [0, 0.05) is 11.6 Å². The maximum absolute atomic E-state index is 12.0. The van der Waals surface area contributed by atoms with E-state index in [2.05, 4.69) is 10.4 Å². The van der Waals surface area contributed by atoms with Crippen LogP contribution in [0.25, 0.3) is 0 Å². The molecule has 2 aromatic rings. The number of likely N-dealkylation sites (N-methyl/N-ethyl adjacent to an activating group) is 1. The lowest BCUT2D eigenvalue weighted by Gasteiger charge is -2.20. The third-order valence-electron chi connectivity index (χ3n) is 3.30. The highest BCUT2D eigenvalue weighted by Gasteiger charge is 2.16. The average molecular weight is 287 g/mol. The maximum atomic E-state index is 12.0. The normalized spacial score (nSPS) is 12.1. The van der Waals surface area contributed by atoms with Crippen LogP contribution < -0.4 is 15.6 Å². The largest absolute Gasteiger partial charge is 0.494 e. The molecule has 0 spiro atoms. The molecule has 0 radical (unpaired) electrons. The van der Waals surface area contributed by atoms with E-state index in [9.17, 15) is 4.79 Å². The third-order valence-corrected chi connectivity index (χ3v) is 3.30. The summed E-state index contributed by atoms with van der Waals surface area (Å²) in [5, 5.41) is 7.42. The Morgan fingerprint density at radius 1 is 1.38 bits per heavy atom. The van der Waals surface area contributed by atoms with Crippen molar-refractivity contribution in [1.29, 1.82) is 0 Å². The molecule has 1 heterocycles. The quantitative estimate of drug-likeness (QED) is 0.882. The van der Waals surface area contributed by atoms with Crippen LogP contribution in [0.15, 0.2) is 41.3 Å². The second-order valence-electron chi connectivity index (χ2n) is 4.87. The summed E-state index contributed by atoms with van der Waals surface area (Å²) in [6.45, 7) is 4.88. The van der Waals surface area contributed by atoms with Crippen LogP contribution >= 0.6 is 0 Å². The molecular weight excluding hydrogens is 266 g/mol. The highest BCUT2D eigenvalue weighted by atomic mass is 16.5. The number of nitrogens with one attached hydrogen (secondary N) is 1. The van der Waals surface area contributed by atoms with Gasteiger partial charge in [0.25, 0.3) is 5.56 Å². The standard InChI is InChI=1S/C16H21N3O2/c1-4-21-15-8-6-5-7-13(15)14(17-3)11-19-16(20)9-12(2)10-18-19/h5-10,14,17H,4,11H2,1-3H3. The lowest BCUT2D eigenvalue weighted by atomic mass is 10.1. The summed E-state index contributed by atoms with van der Waals surface area (Å²) in [5.41, 5.74) is 1.80. The Hall–Kier alpha value is -2.14. The van der Waals surface area contributed by atoms with Gasteiger partial charge < -0.3 is 10.1 Å². The van der Waals surface area contributed by atoms with Gasteiger partial charge >= 0.3 is 0 Å². The minimum Gasteiger partial charge on any atom is -0.494 e. The van der Waals surface area contributed by atoms with Crippen LogP contribution in [0.5, 0.6) is 5.75 Å². The molecule has 5 nitrogen and oxygen atoms in total. The van der Waals surface area contributed by atoms with Gasteiger partial charge in [0.05, 0.1) is 25.4 Å². The molecule has 1 aromatic carbocycles. The molecule has 0 fully saturated rings. The van der Waals surface area contributed by atoms with Crippen molar-refractivity contribution in [2.45, 2.75) is 26.4 Å². The number of hydrogen-bond donors (Lipinski definition) is 1. The van der Waals surface area contributed by atoms with E-state index >= 15 is 0 Å². The van der Waals surface area contributed by atoms with E-state index in [4.69, 9.17) is 4.74 Å². The van der Waals surface area contributed by atoms with Gasteiger partial charge in [0.2, 0.25) is 0 Å². The molecular formula is C16H21N3O2. The van der Waals surface area contributed by atoms with Gasteiger partial charge in [0.15, 0.2) is 0 Å². The summed E-state index contributed by atoms with van der Waals surface area (Å²) in [5.74, 6) is 0.833. The van der Waals surface area contributed by atoms with Crippen molar-refractivity contribution < 1.29 is 4.74 Å². The molecule has 2 rings (SSSR count). The average Bonchev–Trinajstić information content (AvgIpc) is 2.48. The molecule has 0 bridgehead atoms. The van der Waals surface area contributed by atoms with E-state index < -0.39 is 0 Å². The van der Waals surface area contributed by atoms with Crippen LogP contribution in [0.4, 0.5) is 0 Å². The highest BCUT2D eigenvalue weighted by Crippen LogP contribution is 2.25. The number of ether oxygens (including phenoxy) is 1. The van der Waals surface area contributed by atoms with Crippen LogP contribution in [0.3, 0.4) is 0 Å². The monoisotopic (exact) mass is 287 g/mol. The molecule has 0 aliphatic rings. The summed E-state index contributed by atoms with van der Waals surface area (Å²) >= 11 is 0.